The molecule has 1 aliphatic carbocycles. The van der Waals surface area contributed by atoms with Gasteiger partial charge in [-0.15, -0.1) is 0 Å². The Labute approximate surface area is 120 Å². The number of nitrogens with zero attached hydrogens (tertiary/aromatic N) is 1. The van der Waals surface area contributed by atoms with Crippen molar-refractivity contribution in [1.82, 2.24) is 10.2 Å². The van der Waals surface area contributed by atoms with Crippen LogP contribution in [0.5, 0.6) is 5.75 Å². The first kappa shape index (κ1) is 13.4. The van der Waals surface area contributed by atoms with Crippen molar-refractivity contribution in [3.05, 3.63) is 30.3 Å². The SMILES string of the molecule is O=C(Oc1ccccc1)N(CC1CCCNC1)C1CC1. The van der Waals surface area contributed by atoms with E-state index in [4.69, 9.17) is 4.74 Å². The summed E-state index contributed by atoms with van der Waals surface area (Å²) in [6.07, 6.45) is 4.45. The molecule has 1 aromatic carbocycles. The van der Waals surface area contributed by atoms with Crippen LogP contribution in [0.1, 0.15) is 25.7 Å². The molecule has 0 spiro atoms. The molecule has 1 aromatic rings. The maximum absolute atomic E-state index is 12.4. The smallest absolute Gasteiger partial charge is 0.410 e. The Morgan fingerprint density at radius 1 is 1.25 bits per heavy atom. The monoisotopic (exact) mass is 274 g/mol. The van der Waals surface area contributed by atoms with Crippen molar-refractivity contribution in [1.29, 1.82) is 0 Å². The molecule has 1 aliphatic heterocycles. The van der Waals surface area contributed by atoms with Crippen LogP contribution in [0.25, 0.3) is 0 Å². The van der Waals surface area contributed by atoms with Crippen molar-refractivity contribution in [3.63, 3.8) is 0 Å². The van der Waals surface area contributed by atoms with E-state index in [-0.39, 0.29) is 6.09 Å². The zero-order valence-corrected chi connectivity index (χ0v) is 11.8. The predicted molar refractivity (Wildman–Crippen MR) is 77.8 cm³/mol. The van der Waals surface area contributed by atoms with Gasteiger partial charge in [-0.1, -0.05) is 18.2 Å². The molecule has 1 N–H and O–H groups in total. The lowest BCUT2D eigenvalue weighted by atomic mass is 9.99. The van der Waals surface area contributed by atoms with E-state index < -0.39 is 0 Å². The summed E-state index contributed by atoms with van der Waals surface area (Å²) >= 11 is 0. The molecule has 2 fully saturated rings. The number of hydrogen-bond acceptors (Lipinski definition) is 3. The number of rotatable bonds is 4. The van der Waals surface area contributed by atoms with Gasteiger partial charge in [0.25, 0.3) is 0 Å². The fraction of sp³-hybridized carbons (Fsp3) is 0.562. The first-order valence-corrected chi connectivity index (χ1v) is 7.57. The topological polar surface area (TPSA) is 41.6 Å². The van der Waals surface area contributed by atoms with Crippen molar-refractivity contribution in [2.24, 2.45) is 5.92 Å². The van der Waals surface area contributed by atoms with Crippen molar-refractivity contribution in [2.75, 3.05) is 19.6 Å². The minimum atomic E-state index is -0.190. The van der Waals surface area contributed by atoms with Crippen LogP contribution in [0.4, 0.5) is 4.79 Å². The Balaban J connectivity index is 1.59. The summed E-state index contributed by atoms with van der Waals surface area (Å²) in [4.78, 5) is 14.3. The van der Waals surface area contributed by atoms with Gasteiger partial charge in [-0.05, 0) is 56.8 Å². The van der Waals surface area contributed by atoms with Crippen LogP contribution in [0, 0.1) is 5.92 Å². The molecule has 0 aromatic heterocycles. The van der Waals surface area contributed by atoms with Gasteiger partial charge in [-0.2, -0.15) is 0 Å². The lowest BCUT2D eigenvalue weighted by Crippen LogP contribution is -2.43. The number of hydrogen-bond donors (Lipinski definition) is 1. The second kappa shape index (κ2) is 6.27. The summed E-state index contributed by atoms with van der Waals surface area (Å²) in [5, 5.41) is 3.41. The van der Waals surface area contributed by atoms with Crippen LogP contribution >= 0.6 is 0 Å². The van der Waals surface area contributed by atoms with E-state index in [0.29, 0.717) is 17.7 Å². The molecule has 20 heavy (non-hydrogen) atoms. The summed E-state index contributed by atoms with van der Waals surface area (Å²) < 4.78 is 5.49. The number of carbonyl (C=O) groups is 1. The minimum Gasteiger partial charge on any atom is -0.410 e. The highest BCUT2D eigenvalue weighted by Crippen LogP contribution is 2.29. The minimum absolute atomic E-state index is 0.190. The first-order chi connectivity index (χ1) is 9.83. The van der Waals surface area contributed by atoms with Crippen LogP contribution in [-0.4, -0.2) is 36.7 Å². The number of piperidine rings is 1. The van der Waals surface area contributed by atoms with Crippen LogP contribution in [-0.2, 0) is 0 Å². The largest absolute Gasteiger partial charge is 0.415 e. The number of carbonyl (C=O) groups excluding carboxylic acids is 1. The van der Waals surface area contributed by atoms with Gasteiger partial charge in [-0.3, -0.25) is 0 Å². The number of ether oxygens (including phenoxy) is 1. The van der Waals surface area contributed by atoms with E-state index in [2.05, 4.69) is 5.32 Å². The second-order valence-corrected chi connectivity index (χ2v) is 5.78. The van der Waals surface area contributed by atoms with E-state index in [9.17, 15) is 4.79 Å². The van der Waals surface area contributed by atoms with E-state index in [1.165, 1.54) is 12.8 Å². The quantitative estimate of drug-likeness (QED) is 0.917. The van der Waals surface area contributed by atoms with Gasteiger partial charge in [0.1, 0.15) is 5.75 Å². The summed E-state index contributed by atoms with van der Waals surface area (Å²) in [6, 6.07) is 9.73. The lowest BCUT2D eigenvalue weighted by Gasteiger charge is -2.29. The van der Waals surface area contributed by atoms with Crippen LogP contribution < -0.4 is 10.1 Å². The Hall–Kier alpha value is -1.55. The Kier molecular flexibility index (Phi) is 4.21. The van der Waals surface area contributed by atoms with Gasteiger partial charge in [-0.25, -0.2) is 4.79 Å². The highest BCUT2D eigenvalue weighted by molar-refractivity contribution is 5.71. The fourth-order valence-electron chi connectivity index (χ4n) is 2.76. The van der Waals surface area contributed by atoms with Crippen molar-refractivity contribution in [3.8, 4) is 5.75 Å². The molecule has 1 unspecified atom stereocenters. The van der Waals surface area contributed by atoms with Gasteiger partial charge in [0, 0.05) is 12.6 Å². The molecule has 1 saturated carbocycles. The molecule has 4 heteroatoms. The molecule has 3 rings (SSSR count). The Morgan fingerprint density at radius 2 is 2.05 bits per heavy atom. The molecule has 0 bridgehead atoms. The number of amides is 1. The number of para-hydroxylation sites is 1. The zero-order chi connectivity index (χ0) is 13.8. The van der Waals surface area contributed by atoms with Gasteiger partial charge in [0.2, 0.25) is 0 Å². The lowest BCUT2D eigenvalue weighted by molar-refractivity contribution is 0.136. The van der Waals surface area contributed by atoms with Crippen LogP contribution in [0.2, 0.25) is 0 Å². The average Bonchev–Trinajstić information content (AvgIpc) is 3.31. The summed E-state index contributed by atoms with van der Waals surface area (Å²) in [6.45, 7) is 2.94. The fourth-order valence-corrected chi connectivity index (χ4v) is 2.76. The molecule has 1 amide bonds. The summed E-state index contributed by atoms with van der Waals surface area (Å²) in [7, 11) is 0. The zero-order valence-electron chi connectivity index (χ0n) is 11.8. The third-order valence-electron chi connectivity index (χ3n) is 4.02. The first-order valence-electron chi connectivity index (χ1n) is 7.57. The van der Waals surface area contributed by atoms with E-state index in [1.807, 2.05) is 35.2 Å². The molecular formula is C16H22N2O2. The Bertz CT molecular complexity index is 439. The maximum Gasteiger partial charge on any atom is 0.415 e. The van der Waals surface area contributed by atoms with E-state index >= 15 is 0 Å². The third kappa shape index (κ3) is 3.51. The summed E-state index contributed by atoms with van der Waals surface area (Å²) in [5.41, 5.74) is 0. The molecule has 1 heterocycles. The third-order valence-corrected chi connectivity index (χ3v) is 4.02. The summed E-state index contributed by atoms with van der Waals surface area (Å²) in [5.74, 6) is 1.19. The van der Waals surface area contributed by atoms with E-state index in [0.717, 1.165) is 32.5 Å². The number of nitrogens with one attached hydrogen (secondary N) is 1. The van der Waals surface area contributed by atoms with Crippen molar-refractivity contribution >= 4 is 6.09 Å². The van der Waals surface area contributed by atoms with Gasteiger partial charge >= 0.3 is 6.09 Å². The molecule has 4 nitrogen and oxygen atoms in total. The molecule has 0 radical (unpaired) electrons. The molecule has 108 valence electrons. The maximum atomic E-state index is 12.4. The molecule has 2 aliphatic rings. The van der Waals surface area contributed by atoms with E-state index in [1.54, 1.807) is 0 Å². The van der Waals surface area contributed by atoms with Crippen LogP contribution in [0.3, 0.4) is 0 Å². The molecule has 1 atom stereocenters. The van der Waals surface area contributed by atoms with Gasteiger partial charge in [0.15, 0.2) is 0 Å². The Morgan fingerprint density at radius 3 is 2.70 bits per heavy atom. The van der Waals surface area contributed by atoms with Gasteiger partial charge < -0.3 is 15.0 Å². The highest BCUT2D eigenvalue weighted by Gasteiger charge is 2.35. The predicted octanol–water partition coefficient (Wildman–Crippen LogP) is 2.65. The van der Waals surface area contributed by atoms with Crippen LogP contribution in [0.15, 0.2) is 30.3 Å². The van der Waals surface area contributed by atoms with Gasteiger partial charge in [0.05, 0.1) is 0 Å². The number of benzene rings is 1. The second-order valence-electron chi connectivity index (χ2n) is 5.78. The van der Waals surface area contributed by atoms with Crippen molar-refractivity contribution < 1.29 is 9.53 Å². The highest BCUT2D eigenvalue weighted by atomic mass is 16.6. The standard InChI is InChI=1S/C16H22N2O2/c19-16(20-15-6-2-1-3-7-15)18(14-8-9-14)12-13-5-4-10-17-11-13/h1-3,6-7,13-14,17H,4-5,8-12H2. The molecule has 1 saturated heterocycles. The molecular weight excluding hydrogens is 252 g/mol. The van der Waals surface area contributed by atoms with Crippen molar-refractivity contribution in [2.45, 2.75) is 31.7 Å². The normalized spacial score (nSPS) is 22.3. The average molecular weight is 274 g/mol.